The number of benzene rings is 1. The number of aromatic nitrogens is 2. The van der Waals surface area contributed by atoms with Crippen molar-refractivity contribution in [2.24, 2.45) is 0 Å². The number of amides is 1. The van der Waals surface area contributed by atoms with Crippen molar-refractivity contribution >= 4 is 23.0 Å². The van der Waals surface area contributed by atoms with Crippen LogP contribution in [0.2, 0.25) is 0 Å². The van der Waals surface area contributed by atoms with Crippen LogP contribution >= 0.6 is 11.3 Å². The summed E-state index contributed by atoms with van der Waals surface area (Å²) >= 11 is 1.30. The van der Waals surface area contributed by atoms with Gasteiger partial charge in [0.1, 0.15) is 16.7 Å². The number of thiazole rings is 1. The summed E-state index contributed by atoms with van der Waals surface area (Å²) in [6, 6.07) is 9.42. The third kappa shape index (κ3) is 6.09. The zero-order chi connectivity index (χ0) is 20.5. The average Bonchev–Trinajstić information content (AvgIpc) is 3.45. The Morgan fingerprint density at radius 2 is 1.97 bits per heavy atom. The number of hydrogen-bond donors (Lipinski definition) is 1. The van der Waals surface area contributed by atoms with Crippen LogP contribution in [0.3, 0.4) is 0 Å². The minimum absolute atomic E-state index is 0.182. The predicted octanol–water partition coefficient (Wildman–Crippen LogP) is 5.20. The molecule has 2 heterocycles. The van der Waals surface area contributed by atoms with Gasteiger partial charge in [0.25, 0.3) is 5.91 Å². The van der Waals surface area contributed by atoms with Gasteiger partial charge in [0, 0.05) is 18.4 Å². The molecule has 0 radical (unpaired) electrons. The number of unbranched alkanes of at least 4 members (excludes halogenated alkanes) is 2. The number of ketones is 1. The lowest BCUT2D eigenvalue weighted by molar-refractivity contribution is -0.118. The van der Waals surface area contributed by atoms with Crippen LogP contribution in [0.25, 0.3) is 11.3 Å². The molecule has 1 N–H and O–H groups in total. The number of nitrogens with one attached hydrogen (secondary N) is 1. The maximum atomic E-state index is 12.5. The summed E-state index contributed by atoms with van der Waals surface area (Å²) in [5.41, 5.74) is 2.57. The Kier molecular flexibility index (Phi) is 7.69. The van der Waals surface area contributed by atoms with E-state index in [4.69, 9.17) is 4.42 Å². The molecule has 29 heavy (non-hydrogen) atoms. The first-order valence-electron chi connectivity index (χ1n) is 9.89. The highest BCUT2D eigenvalue weighted by Gasteiger charge is 2.21. The van der Waals surface area contributed by atoms with Gasteiger partial charge in [-0.3, -0.25) is 14.6 Å². The smallest absolute Gasteiger partial charge is 0.263 e. The van der Waals surface area contributed by atoms with Crippen molar-refractivity contribution in [1.82, 2.24) is 15.3 Å². The molecule has 6 nitrogen and oxygen atoms in total. The van der Waals surface area contributed by atoms with Crippen molar-refractivity contribution in [2.45, 2.75) is 51.5 Å². The standard InChI is InChI=1S/C22H25N3O3S/c1-2-17(26)11-7-4-8-12-18(25-21(27)20-14-23-15-29-20)22-24-13-19(28-22)16-9-5-3-6-10-16/h3,5-6,9-10,13-15,18H,2,4,7-8,11-12H2,1H3,(H,25,27). The van der Waals surface area contributed by atoms with E-state index in [1.165, 1.54) is 11.3 Å². The summed E-state index contributed by atoms with van der Waals surface area (Å²) in [6.07, 6.45) is 7.80. The Morgan fingerprint density at radius 3 is 2.69 bits per heavy atom. The van der Waals surface area contributed by atoms with E-state index < -0.39 is 0 Å². The largest absolute Gasteiger partial charge is 0.438 e. The number of nitrogens with zero attached hydrogens (tertiary/aromatic N) is 2. The van der Waals surface area contributed by atoms with Gasteiger partial charge in [-0.1, -0.05) is 50.1 Å². The van der Waals surface area contributed by atoms with Crippen LogP contribution in [0.4, 0.5) is 0 Å². The SMILES string of the molecule is CCC(=O)CCCCCC(NC(=O)c1cncs1)c1ncc(-c2ccccc2)o1. The molecule has 1 amide bonds. The highest BCUT2D eigenvalue weighted by atomic mass is 32.1. The van der Waals surface area contributed by atoms with Gasteiger partial charge in [0.05, 0.1) is 17.9 Å². The van der Waals surface area contributed by atoms with Gasteiger partial charge in [-0.25, -0.2) is 4.98 Å². The number of Topliss-reactive ketones (excluding diaryl/α,β-unsaturated/α-hetero) is 1. The molecule has 7 heteroatoms. The molecule has 152 valence electrons. The molecule has 0 aliphatic rings. The van der Waals surface area contributed by atoms with Crippen molar-refractivity contribution in [1.29, 1.82) is 0 Å². The second kappa shape index (κ2) is 10.7. The van der Waals surface area contributed by atoms with E-state index in [2.05, 4.69) is 15.3 Å². The molecule has 0 fully saturated rings. The summed E-state index contributed by atoms with van der Waals surface area (Å²) in [5, 5.41) is 3.02. The van der Waals surface area contributed by atoms with E-state index in [-0.39, 0.29) is 11.9 Å². The van der Waals surface area contributed by atoms with Crippen molar-refractivity contribution in [3.05, 3.63) is 59.0 Å². The maximum absolute atomic E-state index is 12.5. The zero-order valence-corrected chi connectivity index (χ0v) is 17.3. The van der Waals surface area contributed by atoms with E-state index in [0.29, 0.717) is 41.6 Å². The normalized spacial score (nSPS) is 11.9. The number of rotatable bonds is 11. The predicted molar refractivity (Wildman–Crippen MR) is 113 cm³/mol. The molecule has 0 spiro atoms. The quantitative estimate of drug-likeness (QED) is 0.438. The van der Waals surface area contributed by atoms with Crippen LogP contribution in [0, 0.1) is 0 Å². The molecule has 1 atom stereocenters. The molecule has 1 unspecified atom stereocenters. The van der Waals surface area contributed by atoms with E-state index in [0.717, 1.165) is 24.8 Å². The Hall–Kier alpha value is -2.80. The third-order valence-corrected chi connectivity index (χ3v) is 5.46. The van der Waals surface area contributed by atoms with Gasteiger partial charge < -0.3 is 9.73 Å². The highest BCUT2D eigenvalue weighted by molar-refractivity contribution is 7.11. The number of hydrogen-bond acceptors (Lipinski definition) is 6. The Bertz CT molecular complexity index is 907. The summed E-state index contributed by atoms with van der Waals surface area (Å²) in [5.74, 6) is 1.27. The molecular formula is C22H25N3O3S. The minimum Gasteiger partial charge on any atom is -0.438 e. The molecule has 0 saturated heterocycles. The lowest BCUT2D eigenvalue weighted by Gasteiger charge is -2.15. The summed E-state index contributed by atoms with van der Waals surface area (Å²) < 4.78 is 5.97. The lowest BCUT2D eigenvalue weighted by atomic mass is 10.0. The summed E-state index contributed by atoms with van der Waals surface area (Å²) in [4.78, 5) is 32.9. The van der Waals surface area contributed by atoms with E-state index >= 15 is 0 Å². The molecule has 0 aliphatic carbocycles. The van der Waals surface area contributed by atoms with Crippen LogP contribution in [-0.4, -0.2) is 21.7 Å². The maximum Gasteiger partial charge on any atom is 0.263 e. The van der Waals surface area contributed by atoms with Gasteiger partial charge in [0.15, 0.2) is 5.76 Å². The monoisotopic (exact) mass is 411 g/mol. The van der Waals surface area contributed by atoms with Crippen LogP contribution < -0.4 is 5.32 Å². The first-order chi connectivity index (χ1) is 14.2. The van der Waals surface area contributed by atoms with Gasteiger partial charge >= 0.3 is 0 Å². The number of carbonyl (C=O) groups is 2. The van der Waals surface area contributed by atoms with Gasteiger partial charge in [-0.2, -0.15) is 0 Å². The zero-order valence-electron chi connectivity index (χ0n) is 16.5. The molecule has 3 aromatic rings. The number of carbonyl (C=O) groups excluding carboxylic acids is 2. The molecule has 1 aromatic carbocycles. The van der Waals surface area contributed by atoms with Crippen molar-refractivity contribution < 1.29 is 14.0 Å². The minimum atomic E-state index is -0.330. The van der Waals surface area contributed by atoms with Crippen molar-refractivity contribution in [3.8, 4) is 11.3 Å². The van der Waals surface area contributed by atoms with Crippen LogP contribution in [0.1, 0.15) is 67.1 Å². The fourth-order valence-electron chi connectivity index (χ4n) is 3.02. The second-order valence-corrected chi connectivity index (χ2v) is 7.70. The lowest BCUT2D eigenvalue weighted by Crippen LogP contribution is -2.28. The number of oxazole rings is 1. The van der Waals surface area contributed by atoms with Gasteiger partial charge in [0.2, 0.25) is 5.89 Å². The Morgan fingerprint density at radius 1 is 1.14 bits per heavy atom. The first kappa shape index (κ1) is 20.9. The van der Waals surface area contributed by atoms with Gasteiger partial charge in [-0.05, 0) is 12.8 Å². The van der Waals surface area contributed by atoms with E-state index in [9.17, 15) is 9.59 Å². The average molecular weight is 412 g/mol. The Labute approximate surface area is 174 Å². The molecular weight excluding hydrogens is 386 g/mol. The van der Waals surface area contributed by atoms with Crippen LogP contribution in [0.5, 0.6) is 0 Å². The van der Waals surface area contributed by atoms with Gasteiger partial charge in [-0.15, -0.1) is 11.3 Å². The summed E-state index contributed by atoms with van der Waals surface area (Å²) in [6.45, 7) is 1.89. The fourth-order valence-corrected chi connectivity index (χ4v) is 3.55. The topological polar surface area (TPSA) is 85.1 Å². The fraction of sp³-hybridized carbons (Fsp3) is 0.364. The second-order valence-electron chi connectivity index (χ2n) is 6.81. The molecule has 0 saturated carbocycles. The molecule has 0 bridgehead atoms. The highest BCUT2D eigenvalue weighted by Crippen LogP contribution is 2.26. The molecule has 0 aliphatic heterocycles. The van der Waals surface area contributed by atoms with Crippen LogP contribution in [0.15, 0.2) is 52.7 Å². The third-order valence-electron chi connectivity index (χ3n) is 4.68. The van der Waals surface area contributed by atoms with E-state index in [1.54, 1.807) is 17.9 Å². The molecule has 2 aromatic heterocycles. The molecule has 3 rings (SSSR count). The van der Waals surface area contributed by atoms with Crippen molar-refractivity contribution in [3.63, 3.8) is 0 Å². The first-order valence-corrected chi connectivity index (χ1v) is 10.8. The van der Waals surface area contributed by atoms with E-state index in [1.807, 2.05) is 37.3 Å². The van der Waals surface area contributed by atoms with Crippen molar-refractivity contribution in [2.75, 3.05) is 0 Å². The van der Waals surface area contributed by atoms with Crippen LogP contribution in [-0.2, 0) is 4.79 Å². The summed E-state index contributed by atoms with van der Waals surface area (Å²) in [7, 11) is 0. The Balaban J connectivity index is 1.66.